The number of hydrogen-bond acceptors (Lipinski definition) is 8. The first kappa shape index (κ1) is 19.8. The molecule has 0 saturated heterocycles. The predicted octanol–water partition coefficient (Wildman–Crippen LogP) is 2.12. The predicted molar refractivity (Wildman–Crippen MR) is 114 cm³/mol. The fourth-order valence-corrected chi connectivity index (χ4v) is 4.21. The maximum atomic E-state index is 12.8. The van der Waals surface area contributed by atoms with Crippen molar-refractivity contribution < 1.29 is 19.0 Å². The van der Waals surface area contributed by atoms with Crippen LogP contribution >= 0.6 is 0 Å². The smallest absolute Gasteiger partial charge is 0.226 e. The molecule has 1 atom stereocenters. The van der Waals surface area contributed by atoms with Crippen molar-refractivity contribution in [2.24, 2.45) is 0 Å². The molecule has 0 saturated carbocycles. The highest BCUT2D eigenvalue weighted by molar-refractivity contribution is 5.95. The number of aryl methyl sites for hydroxylation is 1. The lowest BCUT2D eigenvalue weighted by Crippen LogP contribution is -2.25. The highest BCUT2D eigenvalue weighted by Crippen LogP contribution is 2.48. The van der Waals surface area contributed by atoms with Crippen molar-refractivity contribution in [3.8, 4) is 23.1 Å². The molecule has 0 aliphatic carbocycles. The second kappa shape index (κ2) is 7.52. The molecule has 4 heterocycles. The summed E-state index contributed by atoms with van der Waals surface area (Å²) in [5.41, 5.74) is 3.09. The van der Waals surface area contributed by atoms with Crippen LogP contribution in [0.2, 0.25) is 0 Å². The van der Waals surface area contributed by atoms with Gasteiger partial charge in [0, 0.05) is 23.5 Å². The van der Waals surface area contributed by atoms with E-state index in [4.69, 9.17) is 14.2 Å². The van der Waals surface area contributed by atoms with Gasteiger partial charge in [0.25, 0.3) is 0 Å². The Morgan fingerprint density at radius 2 is 1.84 bits per heavy atom. The number of benzene rings is 1. The maximum Gasteiger partial charge on any atom is 0.226 e. The summed E-state index contributed by atoms with van der Waals surface area (Å²) in [4.78, 5) is 12.8. The summed E-state index contributed by atoms with van der Waals surface area (Å²) in [5.74, 6) is 2.22. The molecule has 1 aromatic carbocycles. The summed E-state index contributed by atoms with van der Waals surface area (Å²) < 4.78 is 19.8. The maximum absolute atomic E-state index is 12.8. The topological polar surface area (TPSA) is 118 Å². The van der Waals surface area contributed by atoms with Crippen molar-refractivity contribution >= 4 is 17.4 Å². The zero-order valence-corrected chi connectivity index (χ0v) is 18.0. The standard InChI is InChI=1S/C21H21N7O4/c1-11-18-13(12-5-6-14(30-2)20(32-4)19(12)31-3)9-17(29)23-21(18)28(25-11)16-8-7-15-24-22-10-27(15)26-16/h5-8,10,13H,9H2,1-4H3,(H,23,29). The zero-order chi connectivity index (χ0) is 22.4. The number of ether oxygens (including phenoxy) is 3. The molecule has 1 unspecified atom stereocenters. The van der Waals surface area contributed by atoms with Gasteiger partial charge in [0.05, 0.1) is 27.0 Å². The minimum Gasteiger partial charge on any atom is -0.493 e. The van der Waals surface area contributed by atoms with E-state index in [0.717, 1.165) is 16.8 Å². The Hall–Kier alpha value is -4.15. The Balaban J connectivity index is 1.69. The van der Waals surface area contributed by atoms with Crippen LogP contribution in [0.4, 0.5) is 5.82 Å². The molecule has 0 bridgehead atoms. The van der Waals surface area contributed by atoms with Gasteiger partial charge in [-0.15, -0.1) is 15.3 Å². The molecule has 1 aliphatic heterocycles. The van der Waals surface area contributed by atoms with Crippen LogP contribution in [-0.2, 0) is 4.79 Å². The quantitative estimate of drug-likeness (QED) is 0.507. The molecule has 1 amide bonds. The fraction of sp³-hybridized carbons (Fsp3) is 0.286. The molecule has 11 nitrogen and oxygen atoms in total. The Kier molecular flexibility index (Phi) is 4.65. The summed E-state index contributed by atoms with van der Waals surface area (Å²) >= 11 is 0. The highest BCUT2D eigenvalue weighted by Gasteiger charge is 2.35. The van der Waals surface area contributed by atoms with E-state index in [2.05, 4.69) is 25.7 Å². The molecule has 0 fully saturated rings. The van der Waals surface area contributed by atoms with E-state index in [1.165, 1.54) is 6.33 Å². The first-order valence-corrected chi connectivity index (χ1v) is 9.91. The molecule has 32 heavy (non-hydrogen) atoms. The number of carbonyl (C=O) groups excluding carboxylic acids is 1. The van der Waals surface area contributed by atoms with Gasteiger partial charge in [-0.1, -0.05) is 6.07 Å². The van der Waals surface area contributed by atoms with Crippen LogP contribution in [0.5, 0.6) is 17.2 Å². The van der Waals surface area contributed by atoms with Gasteiger partial charge in [0.2, 0.25) is 11.7 Å². The third kappa shape index (κ3) is 2.93. The number of nitrogens with one attached hydrogen (secondary N) is 1. The van der Waals surface area contributed by atoms with Crippen LogP contribution in [0, 0.1) is 6.92 Å². The number of aromatic nitrogens is 6. The summed E-state index contributed by atoms with van der Waals surface area (Å²) in [6.07, 6.45) is 1.75. The van der Waals surface area contributed by atoms with Gasteiger partial charge in [-0.2, -0.15) is 14.3 Å². The molecule has 3 aromatic heterocycles. The van der Waals surface area contributed by atoms with Crippen molar-refractivity contribution in [2.75, 3.05) is 26.6 Å². The van der Waals surface area contributed by atoms with Gasteiger partial charge < -0.3 is 19.5 Å². The Labute approximate surface area is 182 Å². The molecule has 11 heteroatoms. The second-order valence-corrected chi connectivity index (χ2v) is 7.31. The highest BCUT2D eigenvalue weighted by atomic mass is 16.5. The molecular weight excluding hydrogens is 414 g/mol. The minimum absolute atomic E-state index is 0.133. The number of rotatable bonds is 5. The van der Waals surface area contributed by atoms with Gasteiger partial charge in [0.15, 0.2) is 23.0 Å². The van der Waals surface area contributed by atoms with Crippen molar-refractivity contribution in [1.29, 1.82) is 0 Å². The number of amides is 1. The lowest BCUT2D eigenvalue weighted by atomic mass is 9.85. The van der Waals surface area contributed by atoms with Gasteiger partial charge >= 0.3 is 0 Å². The third-order valence-corrected chi connectivity index (χ3v) is 5.58. The van der Waals surface area contributed by atoms with Gasteiger partial charge in [0.1, 0.15) is 12.1 Å². The molecular formula is C21H21N7O4. The van der Waals surface area contributed by atoms with E-state index < -0.39 is 0 Å². The van der Waals surface area contributed by atoms with E-state index in [0.29, 0.717) is 34.5 Å². The molecule has 0 spiro atoms. The van der Waals surface area contributed by atoms with Crippen LogP contribution in [0.25, 0.3) is 11.5 Å². The summed E-state index contributed by atoms with van der Waals surface area (Å²) in [6.45, 7) is 1.91. The largest absolute Gasteiger partial charge is 0.493 e. The molecule has 4 aromatic rings. The average Bonchev–Trinajstić information content (AvgIpc) is 3.41. The average molecular weight is 435 g/mol. The van der Waals surface area contributed by atoms with Crippen LogP contribution in [-0.4, -0.2) is 56.8 Å². The first-order valence-electron chi connectivity index (χ1n) is 9.91. The van der Waals surface area contributed by atoms with Crippen molar-refractivity contribution in [2.45, 2.75) is 19.3 Å². The molecule has 1 aliphatic rings. The lowest BCUT2D eigenvalue weighted by Gasteiger charge is -2.26. The second-order valence-electron chi connectivity index (χ2n) is 7.31. The summed E-state index contributed by atoms with van der Waals surface area (Å²) in [7, 11) is 4.69. The summed E-state index contributed by atoms with van der Waals surface area (Å²) in [5, 5.41) is 20.0. The van der Waals surface area contributed by atoms with E-state index >= 15 is 0 Å². The summed E-state index contributed by atoms with van der Waals surface area (Å²) in [6, 6.07) is 7.28. The molecule has 164 valence electrons. The van der Waals surface area contributed by atoms with Gasteiger partial charge in [-0.05, 0) is 25.1 Å². The number of carbonyl (C=O) groups is 1. The Morgan fingerprint density at radius 3 is 2.59 bits per heavy atom. The molecule has 1 N–H and O–H groups in total. The van der Waals surface area contributed by atoms with E-state index in [-0.39, 0.29) is 18.2 Å². The van der Waals surface area contributed by atoms with Crippen molar-refractivity contribution in [3.05, 3.63) is 47.4 Å². The lowest BCUT2D eigenvalue weighted by molar-refractivity contribution is -0.116. The van der Waals surface area contributed by atoms with E-state index in [1.807, 2.05) is 19.1 Å². The molecule has 0 radical (unpaired) electrons. The Bertz CT molecular complexity index is 1340. The van der Waals surface area contributed by atoms with E-state index in [1.54, 1.807) is 42.7 Å². The van der Waals surface area contributed by atoms with Crippen LogP contribution in [0.1, 0.15) is 29.2 Å². The van der Waals surface area contributed by atoms with Crippen molar-refractivity contribution in [1.82, 2.24) is 29.6 Å². The number of methoxy groups -OCH3 is 3. The zero-order valence-electron chi connectivity index (χ0n) is 18.0. The number of nitrogens with zero attached hydrogens (tertiary/aromatic N) is 6. The number of hydrogen-bond donors (Lipinski definition) is 1. The van der Waals surface area contributed by atoms with E-state index in [9.17, 15) is 4.79 Å². The molecule has 5 rings (SSSR count). The number of anilines is 1. The van der Waals surface area contributed by atoms with Gasteiger partial charge in [-0.25, -0.2) is 0 Å². The van der Waals surface area contributed by atoms with Crippen LogP contribution in [0.3, 0.4) is 0 Å². The first-order chi connectivity index (χ1) is 15.5. The minimum atomic E-state index is -0.291. The normalized spacial score (nSPS) is 15.4. The number of fused-ring (bicyclic) bond motifs is 2. The SMILES string of the molecule is COc1ccc(C2CC(=O)Nc3c2c(C)nn3-c2ccc3nncn3n2)c(OC)c1OC. The fourth-order valence-electron chi connectivity index (χ4n) is 4.21. The van der Waals surface area contributed by atoms with Crippen LogP contribution < -0.4 is 19.5 Å². The monoisotopic (exact) mass is 435 g/mol. The van der Waals surface area contributed by atoms with Crippen molar-refractivity contribution in [3.63, 3.8) is 0 Å². The van der Waals surface area contributed by atoms with Gasteiger partial charge in [-0.3, -0.25) is 4.79 Å². The Morgan fingerprint density at radius 1 is 1.03 bits per heavy atom. The van der Waals surface area contributed by atoms with Crippen LogP contribution in [0.15, 0.2) is 30.6 Å². The third-order valence-electron chi connectivity index (χ3n) is 5.58.